The number of hydrogen-bond donors (Lipinski definition) is 2. The summed E-state index contributed by atoms with van der Waals surface area (Å²) in [5.74, 6) is -1.27. The van der Waals surface area contributed by atoms with Crippen molar-refractivity contribution in [2.24, 2.45) is 5.92 Å². The lowest BCUT2D eigenvalue weighted by molar-refractivity contribution is -0.126. The molecule has 5 heteroatoms. The van der Waals surface area contributed by atoms with Crippen LogP contribution in [0.5, 0.6) is 0 Å². The fourth-order valence-electron chi connectivity index (χ4n) is 1.39. The van der Waals surface area contributed by atoms with Crippen molar-refractivity contribution in [1.29, 1.82) is 0 Å². The number of thiol groups is 1. The molecule has 0 unspecified atom stereocenters. The number of amides is 1. The van der Waals surface area contributed by atoms with Crippen molar-refractivity contribution in [1.82, 2.24) is 5.32 Å². The van der Waals surface area contributed by atoms with Crippen LogP contribution in [0.2, 0.25) is 0 Å². The maximum Gasteiger partial charge on any atom is 0.216 e. The van der Waals surface area contributed by atoms with Gasteiger partial charge in [0.2, 0.25) is 5.91 Å². The SMILES string of the molecule is CCCC=CC=CC(=O)[C@H](CCNC(C)=O)C(=O)S. The second kappa shape index (κ2) is 10.6. The van der Waals surface area contributed by atoms with Crippen molar-refractivity contribution in [2.75, 3.05) is 6.54 Å². The van der Waals surface area contributed by atoms with Gasteiger partial charge in [-0.1, -0.05) is 31.6 Å². The van der Waals surface area contributed by atoms with E-state index in [-0.39, 0.29) is 24.7 Å². The van der Waals surface area contributed by atoms with Crippen LogP contribution in [0.15, 0.2) is 24.3 Å². The third-order valence-corrected chi connectivity index (χ3v) is 2.72. The number of ketones is 1. The second-order valence-electron chi connectivity index (χ2n) is 4.14. The average Bonchev–Trinajstić information content (AvgIpc) is 2.33. The third kappa shape index (κ3) is 9.25. The Labute approximate surface area is 119 Å². The van der Waals surface area contributed by atoms with Gasteiger partial charge in [0.1, 0.15) is 0 Å². The van der Waals surface area contributed by atoms with E-state index in [9.17, 15) is 14.4 Å². The minimum absolute atomic E-state index is 0.184. The molecule has 0 aromatic heterocycles. The molecule has 0 saturated heterocycles. The first kappa shape index (κ1) is 17.6. The minimum Gasteiger partial charge on any atom is -0.356 e. The molecule has 4 nitrogen and oxygen atoms in total. The van der Waals surface area contributed by atoms with Crippen molar-refractivity contribution in [2.45, 2.75) is 33.1 Å². The van der Waals surface area contributed by atoms with E-state index in [4.69, 9.17) is 0 Å². The van der Waals surface area contributed by atoms with Crippen LogP contribution >= 0.6 is 12.6 Å². The molecule has 0 spiro atoms. The van der Waals surface area contributed by atoms with Crippen LogP contribution in [0, 0.1) is 5.92 Å². The lowest BCUT2D eigenvalue weighted by Crippen LogP contribution is -2.27. The summed E-state index contributed by atoms with van der Waals surface area (Å²) in [4.78, 5) is 33.8. The molecule has 0 aliphatic carbocycles. The monoisotopic (exact) mass is 283 g/mol. The van der Waals surface area contributed by atoms with E-state index >= 15 is 0 Å². The molecule has 0 fully saturated rings. The van der Waals surface area contributed by atoms with Crippen LogP contribution in [-0.2, 0) is 14.4 Å². The molecule has 106 valence electrons. The van der Waals surface area contributed by atoms with Gasteiger partial charge in [0.25, 0.3) is 0 Å². The Balaban J connectivity index is 4.33. The molecule has 0 heterocycles. The van der Waals surface area contributed by atoms with Crippen LogP contribution in [0.1, 0.15) is 33.1 Å². The molecular formula is C14H21NO3S. The van der Waals surface area contributed by atoms with Crippen molar-refractivity contribution < 1.29 is 14.4 Å². The Morgan fingerprint density at radius 3 is 2.47 bits per heavy atom. The summed E-state index contributed by atoms with van der Waals surface area (Å²) in [7, 11) is 0. The fraction of sp³-hybridized carbons (Fsp3) is 0.500. The van der Waals surface area contributed by atoms with Crippen LogP contribution in [-0.4, -0.2) is 23.4 Å². The first-order valence-corrected chi connectivity index (χ1v) is 6.78. The van der Waals surface area contributed by atoms with Crippen LogP contribution in [0.3, 0.4) is 0 Å². The molecule has 0 bridgehead atoms. The molecule has 1 atom stereocenters. The van der Waals surface area contributed by atoms with Gasteiger partial charge in [-0.05, 0) is 18.9 Å². The first-order valence-electron chi connectivity index (χ1n) is 6.33. The van der Waals surface area contributed by atoms with Crippen molar-refractivity contribution >= 4 is 29.4 Å². The zero-order valence-electron chi connectivity index (χ0n) is 11.4. The summed E-state index contributed by atoms with van der Waals surface area (Å²) in [6, 6.07) is 0. The van der Waals surface area contributed by atoms with E-state index in [1.165, 1.54) is 13.0 Å². The normalized spacial score (nSPS) is 12.8. The van der Waals surface area contributed by atoms with E-state index < -0.39 is 11.0 Å². The number of hydrogen-bond acceptors (Lipinski definition) is 3. The van der Waals surface area contributed by atoms with Gasteiger partial charge in [-0.25, -0.2) is 0 Å². The Morgan fingerprint density at radius 1 is 1.26 bits per heavy atom. The van der Waals surface area contributed by atoms with E-state index in [0.717, 1.165) is 12.8 Å². The molecule has 0 aromatic carbocycles. The number of nitrogens with one attached hydrogen (secondary N) is 1. The Morgan fingerprint density at radius 2 is 1.95 bits per heavy atom. The van der Waals surface area contributed by atoms with Crippen molar-refractivity contribution in [3.63, 3.8) is 0 Å². The first-order chi connectivity index (χ1) is 8.99. The standard InChI is InChI=1S/C14H21NO3S/c1-3-4-5-6-7-8-13(17)12(14(18)19)9-10-15-11(2)16/h5-8,12H,3-4,9-10H2,1-2H3,(H,15,16)(H,18,19)/t12-/m0/s1. The van der Waals surface area contributed by atoms with Gasteiger partial charge in [0, 0.05) is 13.5 Å². The van der Waals surface area contributed by atoms with E-state index in [2.05, 4.69) is 24.9 Å². The minimum atomic E-state index is -0.800. The summed E-state index contributed by atoms with van der Waals surface area (Å²) in [5.41, 5.74) is 0. The molecule has 0 saturated carbocycles. The molecular weight excluding hydrogens is 262 g/mol. The summed E-state index contributed by atoms with van der Waals surface area (Å²) in [6.45, 7) is 3.74. The van der Waals surface area contributed by atoms with E-state index in [1.54, 1.807) is 12.2 Å². The van der Waals surface area contributed by atoms with Gasteiger partial charge in [0.15, 0.2) is 10.9 Å². The smallest absolute Gasteiger partial charge is 0.216 e. The maximum absolute atomic E-state index is 11.8. The number of rotatable bonds is 9. The van der Waals surface area contributed by atoms with Gasteiger partial charge >= 0.3 is 0 Å². The Bertz CT molecular complexity index is 375. The largest absolute Gasteiger partial charge is 0.356 e. The predicted octanol–water partition coefficient (Wildman–Crippen LogP) is 2.07. The molecule has 0 rings (SSSR count). The molecule has 0 aromatic rings. The van der Waals surface area contributed by atoms with Gasteiger partial charge in [-0.2, -0.15) is 0 Å². The maximum atomic E-state index is 11.8. The van der Waals surface area contributed by atoms with E-state index in [1.807, 2.05) is 6.08 Å². The molecule has 19 heavy (non-hydrogen) atoms. The number of carbonyl (C=O) groups excluding carboxylic acids is 3. The summed E-state index contributed by atoms with van der Waals surface area (Å²) in [5, 5.41) is 2.08. The molecule has 1 N–H and O–H groups in total. The van der Waals surface area contributed by atoms with Crippen LogP contribution in [0.25, 0.3) is 0 Å². The van der Waals surface area contributed by atoms with Crippen LogP contribution < -0.4 is 5.32 Å². The highest BCUT2D eigenvalue weighted by Crippen LogP contribution is 2.09. The molecule has 0 aliphatic rings. The molecule has 0 aliphatic heterocycles. The highest BCUT2D eigenvalue weighted by Gasteiger charge is 2.21. The quantitative estimate of drug-likeness (QED) is 0.295. The average molecular weight is 283 g/mol. The summed E-state index contributed by atoms with van der Waals surface area (Å²) in [6.07, 6.45) is 9.01. The Hall–Kier alpha value is -1.36. The number of carbonyl (C=O) groups is 3. The van der Waals surface area contributed by atoms with Gasteiger partial charge in [-0.15, -0.1) is 12.6 Å². The van der Waals surface area contributed by atoms with E-state index in [0.29, 0.717) is 0 Å². The van der Waals surface area contributed by atoms with Gasteiger partial charge in [-0.3, -0.25) is 14.4 Å². The van der Waals surface area contributed by atoms with Crippen molar-refractivity contribution in [3.05, 3.63) is 24.3 Å². The molecule has 0 radical (unpaired) electrons. The topological polar surface area (TPSA) is 63.2 Å². The lowest BCUT2D eigenvalue weighted by Gasteiger charge is -2.09. The lowest BCUT2D eigenvalue weighted by atomic mass is 10.0. The number of allylic oxidation sites excluding steroid dienone is 4. The highest BCUT2D eigenvalue weighted by atomic mass is 32.1. The third-order valence-electron chi connectivity index (χ3n) is 2.41. The van der Waals surface area contributed by atoms with Crippen LogP contribution in [0.4, 0.5) is 0 Å². The zero-order valence-corrected chi connectivity index (χ0v) is 12.3. The summed E-state index contributed by atoms with van der Waals surface area (Å²) >= 11 is 3.71. The zero-order chi connectivity index (χ0) is 14.7. The Kier molecular flexibility index (Phi) is 9.80. The molecule has 1 amide bonds. The summed E-state index contributed by atoms with van der Waals surface area (Å²) < 4.78 is 0. The predicted molar refractivity (Wildman–Crippen MR) is 79.0 cm³/mol. The van der Waals surface area contributed by atoms with Gasteiger partial charge in [0.05, 0.1) is 5.92 Å². The second-order valence-corrected chi connectivity index (χ2v) is 4.58. The van der Waals surface area contributed by atoms with Crippen molar-refractivity contribution in [3.8, 4) is 0 Å². The van der Waals surface area contributed by atoms with Gasteiger partial charge < -0.3 is 5.32 Å². The number of unbranched alkanes of at least 4 members (excludes halogenated alkanes) is 1. The fourth-order valence-corrected chi connectivity index (χ4v) is 1.64. The highest BCUT2D eigenvalue weighted by molar-refractivity contribution is 7.96.